The lowest BCUT2D eigenvalue weighted by molar-refractivity contribution is -0.134. The quantitative estimate of drug-likeness (QED) is 0.858. The van der Waals surface area contributed by atoms with Crippen LogP contribution in [0.2, 0.25) is 0 Å². The maximum atomic E-state index is 12.7. The van der Waals surface area contributed by atoms with E-state index in [1.165, 1.54) is 0 Å². The van der Waals surface area contributed by atoms with Crippen LogP contribution in [-0.2, 0) is 4.79 Å². The van der Waals surface area contributed by atoms with Crippen molar-refractivity contribution in [3.05, 3.63) is 17.5 Å². The summed E-state index contributed by atoms with van der Waals surface area (Å²) in [6, 6.07) is 0.505. The number of hydrogen-bond donors (Lipinski definition) is 2. The molecule has 1 aromatic heterocycles. The number of aryl methyl sites for hydroxylation is 1. The topological polar surface area (TPSA) is 101 Å². The number of urea groups is 1. The van der Waals surface area contributed by atoms with Gasteiger partial charge in [0.05, 0.1) is 11.7 Å². The van der Waals surface area contributed by atoms with E-state index in [1.807, 2.05) is 19.9 Å². The molecule has 7 nitrogen and oxygen atoms in total. The van der Waals surface area contributed by atoms with Gasteiger partial charge >= 0.3 is 6.03 Å². The van der Waals surface area contributed by atoms with Gasteiger partial charge in [0.2, 0.25) is 5.91 Å². The Bertz CT molecular complexity index is 514. The molecule has 1 aliphatic rings. The predicted molar refractivity (Wildman–Crippen MR) is 76.3 cm³/mol. The van der Waals surface area contributed by atoms with E-state index in [9.17, 15) is 9.59 Å². The van der Waals surface area contributed by atoms with Crippen molar-refractivity contribution < 1.29 is 14.1 Å². The molecular formula is C14H22N4O3. The van der Waals surface area contributed by atoms with Crippen LogP contribution in [0.5, 0.6) is 0 Å². The van der Waals surface area contributed by atoms with Crippen LogP contribution in [0, 0.1) is 6.92 Å². The van der Waals surface area contributed by atoms with Gasteiger partial charge in [-0.1, -0.05) is 18.5 Å². The molecule has 1 aromatic rings. The first kappa shape index (κ1) is 15.3. The monoisotopic (exact) mass is 294 g/mol. The molecule has 0 spiro atoms. The summed E-state index contributed by atoms with van der Waals surface area (Å²) in [6.45, 7) is 4.47. The Hall–Kier alpha value is -2.05. The van der Waals surface area contributed by atoms with Crippen LogP contribution in [0.1, 0.15) is 50.1 Å². The number of primary amides is 1. The van der Waals surface area contributed by atoms with E-state index >= 15 is 0 Å². The van der Waals surface area contributed by atoms with Gasteiger partial charge in [0.25, 0.3) is 0 Å². The molecule has 0 radical (unpaired) electrons. The number of amides is 3. The molecule has 1 fully saturated rings. The van der Waals surface area contributed by atoms with Crippen LogP contribution >= 0.6 is 0 Å². The SMILES string of the molecule is CCC[C@@H](NC(N)=O)C(=O)N1CCC[C@@H]1c1cc(C)no1. The molecule has 3 N–H and O–H groups in total. The van der Waals surface area contributed by atoms with E-state index < -0.39 is 12.1 Å². The van der Waals surface area contributed by atoms with E-state index in [1.54, 1.807) is 4.90 Å². The molecule has 1 saturated heterocycles. The van der Waals surface area contributed by atoms with E-state index in [0.717, 1.165) is 25.0 Å². The predicted octanol–water partition coefficient (Wildman–Crippen LogP) is 1.48. The molecule has 3 amide bonds. The molecular weight excluding hydrogens is 272 g/mol. The van der Waals surface area contributed by atoms with Gasteiger partial charge in [-0.25, -0.2) is 4.79 Å². The highest BCUT2D eigenvalue weighted by molar-refractivity contribution is 5.87. The number of hydrogen-bond acceptors (Lipinski definition) is 4. The molecule has 2 heterocycles. The second-order valence-electron chi connectivity index (χ2n) is 5.41. The van der Waals surface area contributed by atoms with Crippen LogP contribution in [-0.4, -0.2) is 34.6 Å². The molecule has 0 bridgehead atoms. The number of nitrogens with zero attached hydrogens (tertiary/aromatic N) is 2. The Kier molecular flexibility index (Phi) is 4.82. The average Bonchev–Trinajstić information content (AvgIpc) is 3.05. The maximum absolute atomic E-state index is 12.7. The molecule has 21 heavy (non-hydrogen) atoms. The molecule has 116 valence electrons. The number of carbonyl (C=O) groups excluding carboxylic acids is 2. The number of aromatic nitrogens is 1. The fourth-order valence-electron chi connectivity index (χ4n) is 2.78. The van der Waals surface area contributed by atoms with Crippen LogP contribution in [0.4, 0.5) is 4.79 Å². The highest BCUT2D eigenvalue weighted by atomic mass is 16.5. The second-order valence-corrected chi connectivity index (χ2v) is 5.41. The van der Waals surface area contributed by atoms with Crippen LogP contribution in [0.25, 0.3) is 0 Å². The molecule has 0 aromatic carbocycles. The Morgan fingerprint density at radius 3 is 2.95 bits per heavy atom. The van der Waals surface area contributed by atoms with Crippen LogP contribution in [0.15, 0.2) is 10.6 Å². The molecule has 7 heteroatoms. The zero-order chi connectivity index (χ0) is 15.4. The summed E-state index contributed by atoms with van der Waals surface area (Å²) in [5, 5.41) is 6.42. The minimum absolute atomic E-state index is 0.104. The first-order valence-electron chi connectivity index (χ1n) is 7.32. The molecule has 0 unspecified atom stereocenters. The number of carbonyl (C=O) groups is 2. The second kappa shape index (κ2) is 6.60. The number of likely N-dealkylation sites (tertiary alicyclic amines) is 1. The van der Waals surface area contributed by atoms with Crippen molar-refractivity contribution in [3.8, 4) is 0 Å². The minimum atomic E-state index is -0.673. The van der Waals surface area contributed by atoms with E-state index in [-0.39, 0.29) is 11.9 Å². The summed E-state index contributed by atoms with van der Waals surface area (Å²) in [5.74, 6) is 0.597. The third-order valence-corrected chi connectivity index (χ3v) is 3.70. The van der Waals surface area contributed by atoms with Crippen molar-refractivity contribution in [2.24, 2.45) is 5.73 Å². The Morgan fingerprint density at radius 1 is 1.62 bits per heavy atom. The van der Waals surface area contributed by atoms with E-state index in [2.05, 4.69) is 10.5 Å². The van der Waals surface area contributed by atoms with Crippen molar-refractivity contribution in [2.45, 2.75) is 51.6 Å². The van der Waals surface area contributed by atoms with Gasteiger partial charge in [0.15, 0.2) is 5.76 Å². The van der Waals surface area contributed by atoms with Crippen molar-refractivity contribution in [1.82, 2.24) is 15.4 Å². The zero-order valence-corrected chi connectivity index (χ0v) is 12.5. The summed E-state index contributed by atoms with van der Waals surface area (Å²) < 4.78 is 5.29. The molecule has 0 aliphatic carbocycles. The van der Waals surface area contributed by atoms with Crippen molar-refractivity contribution in [2.75, 3.05) is 6.54 Å². The smallest absolute Gasteiger partial charge is 0.312 e. The molecule has 1 aliphatic heterocycles. The summed E-state index contributed by atoms with van der Waals surface area (Å²) >= 11 is 0. The number of rotatable bonds is 5. The first-order chi connectivity index (χ1) is 10.0. The standard InChI is InChI=1S/C14H22N4O3/c1-3-5-10(16-14(15)20)13(19)18-7-4-6-11(18)12-8-9(2)17-21-12/h8,10-11H,3-7H2,1-2H3,(H3,15,16,20)/t10-,11-/m1/s1. The van der Waals surface area contributed by atoms with Gasteiger partial charge in [-0.05, 0) is 26.2 Å². The van der Waals surface area contributed by atoms with Gasteiger partial charge in [0, 0.05) is 12.6 Å². The minimum Gasteiger partial charge on any atom is -0.359 e. The Balaban J connectivity index is 2.13. The summed E-state index contributed by atoms with van der Waals surface area (Å²) in [6.07, 6.45) is 3.11. The molecule has 2 atom stereocenters. The van der Waals surface area contributed by atoms with Gasteiger partial charge in [-0.2, -0.15) is 0 Å². The van der Waals surface area contributed by atoms with Crippen LogP contribution < -0.4 is 11.1 Å². The highest BCUT2D eigenvalue weighted by Gasteiger charge is 2.36. The highest BCUT2D eigenvalue weighted by Crippen LogP contribution is 2.32. The van der Waals surface area contributed by atoms with E-state index in [0.29, 0.717) is 18.7 Å². The normalized spacial score (nSPS) is 19.5. The lowest BCUT2D eigenvalue weighted by Gasteiger charge is -2.27. The Morgan fingerprint density at radius 2 is 2.38 bits per heavy atom. The summed E-state index contributed by atoms with van der Waals surface area (Å²) in [4.78, 5) is 25.5. The van der Waals surface area contributed by atoms with E-state index in [4.69, 9.17) is 10.3 Å². The molecule has 0 saturated carbocycles. The first-order valence-corrected chi connectivity index (χ1v) is 7.32. The Labute approximate surface area is 123 Å². The van der Waals surface area contributed by atoms with Crippen molar-refractivity contribution >= 4 is 11.9 Å². The van der Waals surface area contributed by atoms with Gasteiger partial charge in [0.1, 0.15) is 6.04 Å². The summed E-state index contributed by atoms with van der Waals surface area (Å²) in [7, 11) is 0. The maximum Gasteiger partial charge on any atom is 0.312 e. The van der Waals surface area contributed by atoms with Crippen LogP contribution in [0.3, 0.4) is 0 Å². The number of nitrogens with one attached hydrogen (secondary N) is 1. The zero-order valence-electron chi connectivity index (χ0n) is 12.5. The van der Waals surface area contributed by atoms with Crippen molar-refractivity contribution in [3.63, 3.8) is 0 Å². The molecule has 2 rings (SSSR count). The summed E-state index contributed by atoms with van der Waals surface area (Å²) in [5.41, 5.74) is 5.96. The lowest BCUT2D eigenvalue weighted by Crippen LogP contribution is -2.49. The third-order valence-electron chi connectivity index (χ3n) is 3.70. The third kappa shape index (κ3) is 3.53. The fraction of sp³-hybridized carbons (Fsp3) is 0.643. The lowest BCUT2D eigenvalue weighted by atomic mass is 10.1. The van der Waals surface area contributed by atoms with Crippen molar-refractivity contribution in [1.29, 1.82) is 0 Å². The number of nitrogens with two attached hydrogens (primary N) is 1. The average molecular weight is 294 g/mol. The van der Waals surface area contributed by atoms with Gasteiger partial charge < -0.3 is 20.5 Å². The fourth-order valence-corrected chi connectivity index (χ4v) is 2.78. The largest absolute Gasteiger partial charge is 0.359 e. The van der Waals surface area contributed by atoms with Gasteiger partial charge in [-0.15, -0.1) is 0 Å². The van der Waals surface area contributed by atoms with Gasteiger partial charge in [-0.3, -0.25) is 4.79 Å².